The van der Waals surface area contributed by atoms with Gasteiger partial charge in [-0.3, -0.25) is 4.18 Å². The highest BCUT2D eigenvalue weighted by Crippen LogP contribution is 2.48. The number of fused-ring (bicyclic) bond motifs is 4. The van der Waals surface area contributed by atoms with E-state index in [4.69, 9.17) is 11.6 Å². The molecule has 1 aromatic heterocycles. The topological polar surface area (TPSA) is 131 Å². The van der Waals surface area contributed by atoms with Crippen LogP contribution in [0.1, 0.15) is 17.8 Å². The average Bonchev–Trinajstić information content (AvgIpc) is 3.38. The first-order valence-corrected chi connectivity index (χ1v) is 16.8. The van der Waals surface area contributed by atoms with Crippen LogP contribution in [-0.4, -0.2) is 44.8 Å². The largest absolute Gasteiger partial charge is 0.748 e. The summed E-state index contributed by atoms with van der Waals surface area (Å²) < 4.78 is 74.0. The van der Waals surface area contributed by atoms with E-state index in [9.17, 15) is 25.9 Å². The summed E-state index contributed by atoms with van der Waals surface area (Å²) in [5, 5.41) is 4.30. The van der Waals surface area contributed by atoms with Crippen molar-refractivity contribution in [3.8, 4) is 0 Å². The molecule has 0 fully saturated rings. The molecule has 0 unspecified atom stereocenters. The van der Waals surface area contributed by atoms with E-state index in [0.717, 1.165) is 41.6 Å². The second-order valence-electron chi connectivity index (χ2n) is 8.77. The molecule has 0 saturated carbocycles. The van der Waals surface area contributed by atoms with Crippen LogP contribution in [0.5, 0.6) is 0 Å². The Morgan fingerprint density at radius 2 is 1.82 bits per heavy atom. The molecule has 39 heavy (non-hydrogen) atoms. The highest BCUT2D eigenvalue weighted by Gasteiger charge is 2.29. The molecule has 0 bridgehead atoms. The Kier molecular flexibility index (Phi) is 8.23. The summed E-state index contributed by atoms with van der Waals surface area (Å²) >= 11 is 9.33. The molecular weight excluding hydrogens is 604 g/mol. The molecule has 0 N–H and O–H groups in total. The minimum Gasteiger partial charge on any atom is -0.748 e. The van der Waals surface area contributed by atoms with Gasteiger partial charge in [0.05, 0.1) is 38.9 Å². The van der Waals surface area contributed by atoms with Crippen LogP contribution in [0, 0.1) is 0 Å². The predicted octanol–water partition coefficient (Wildman–Crippen LogP) is 4.71. The fraction of sp³-hybridized carbons (Fsp3) is 0.240. The maximum Gasteiger partial charge on any atom is 0.265 e. The molecule has 3 aromatic carbocycles. The van der Waals surface area contributed by atoms with E-state index in [1.807, 2.05) is 64.1 Å². The van der Waals surface area contributed by atoms with Gasteiger partial charge in [0, 0.05) is 28.6 Å². The summed E-state index contributed by atoms with van der Waals surface area (Å²) in [6, 6.07) is 17.5. The van der Waals surface area contributed by atoms with Crippen LogP contribution in [0.4, 0.5) is 5.69 Å². The number of hydrogen-bond acceptors (Lipinski definition) is 10. The van der Waals surface area contributed by atoms with Crippen molar-refractivity contribution in [2.75, 3.05) is 23.8 Å². The van der Waals surface area contributed by atoms with Gasteiger partial charge in [0.1, 0.15) is 4.70 Å². The lowest BCUT2D eigenvalue weighted by Gasteiger charge is -2.20. The first-order valence-electron chi connectivity index (χ1n) is 11.8. The van der Waals surface area contributed by atoms with Gasteiger partial charge in [0.25, 0.3) is 5.01 Å². The Morgan fingerprint density at radius 3 is 2.59 bits per heavy atom. The number of benzene rings is 3. The van der Waals surface area contributed by atoms with Gasteiger partial charge in [-0.05, 0) is 42.1 Å². The zero-order chi connectivity index (χ0) is 27.8. The van der Waals surface area contributed by atoms with Gasteiger partial charge >= 0.3 is 0 Å². The van der Waals surface area contributed by atoms with Crippen LogP contribution in [0.15, 0.2) is 64.5 Å². The number of halogens is 1. The van der Waals surface area contributed by atoms with E-state index >= 15 is 0 Å². The van der Waals surface area contributed by atoms with Gasteiger partial charge in [-0.25, -0.2) is 16.8 Å². The number of anilines is 1. The molecule has 5 rings (SSSR count). The SMILES string of the molecule is O=S(=O)([O-])CCC[n+]1c(/C=C2\Sc3ccc(Cl)cc3N2CCCOS(=O)(=O)[O-])sc2ccc3ccccc3c21. The van der Waals surface area contributed by atoms with Crippen LogP contribution in [0.2, 0.25) is 5.02 Å². The standard InChI is InChI=1S/C25H23ClN2O7S4/c26-18-8-10-21-20(15-18)27(11-3-13-35-39(32,33)34)23(36-21)16-24-28(12-4-14-38(29,30)31)25-19-6-2-1-5-17(19)7-9-22(25)37-24/h1-2,5-10,15-16H,3-4,11-14H2,(H-,29,30,31,32,33,34)/p-1. The van der Waals surface area contributed by atoms with Gasteiger partial charge in [-0.1, -0.05) is 59.0 Å². The normalized spacial score (nSPS) is 15.1. The molecule has 9 nitrogen and oxygen atoms in total. The lowest BCUT2D eigenvalue weighted by Crippen LogP contribution is -2.36. The number of thiazole rings is 1. The minimum absolute atomic E-state index is 0.162. The van der Waals surface area contributed by atoms with Crippen molar-refractivity contribution >= 4 is 88.0 Å². The molecular formula is C25H22ClN2O7S4-. The molecule has 0 amide bonds. The maximum absolute atomic E-state index is 11.3. The van der Waals surface area contributed by atoms with Crippen LogP contribution in [0.25, 0.3) is 27.1 Å². The zero-order valence-electron chi connectivity index (χ0n) is 20.3. The number of hydrogen-bond donors (Lipinski definition) is 0. The molecule has 0 radical (unpaired) electrons. The Balaban J connectivity index is 1.56. The quantitative estimate of drug-likeness (QED) is 0.106. The van der Waals surface area contributed by atoms with Gasteiger partial charge in [-0.15, -0.1) is 0 Å². The predicted molar refractivity (Wildman–Crippen MR) is 152 cm³/mol. The summed E-state index contributed by atoms with van der Waals surface area (Å²) in [6.07, 6.45) is 2.42. The summed E-state index contributed by atoms with van der Waals surface area (Å²) in [5.74, 6) is -0.467. The summed E-state index contributed by atoms with van der Waals surface area (Å²) in [6.45, 7) is 0.436. The van der Waals surface area contributed by atoms with Gasteiger partial charge in [-0.2, -0.15) is 4.57 Å². The Bertz CT molecular complexity index is 1800. The number of nitrogens with zero attached hydrogens (tertiary/aromatic N) is 2. The van der Waals surface area contributed by atoms with Crippen molar-refractivity contribution in [3.63, 3.8) is 0 Å². The molecule has 0 saturated heterocycles. The van der Waals surface area contributed by atoms with Crippen LogP contribution in [0.3, 0.4) is 0 Å². The third-order valence-electron chi connectivity index (χ3n) is 6.08. The Morgan fingerprint density at radius 1 is 1.03 bits per heavy atom. The van der Waals surface area contributed by atoms with E-state index < -0.39 is 26.3 Å². The maximum atomic E-state index is 11.3. The van der Waals surface area contributed by atoms with Crippen molar-refractivity contribution < 1.29 is 34.7 Å². The summed E-state index contributed by atoms with van der Waals surface area (Å²) in [5.41, 5.74) is 1.80. The van der Waals surface area contributed by atoms with Crippen LogP contribution in [-0.2, 0) is 31.2 Å². The van der Waals surface area contributed by atoms with Crippen LogP contribution < -0.4 is 9.47 Å². The fourth-order valence-corrected chi connectivity index (χ4v) is 7.80. The fourth-order valence-electron chi connectivity index (χ4n) is 4.50. The lowest BCUT2D eigenvalue weighted by molar-refractivity contribution is -0.667. The van der Waals surface area contributed by atoms with Crippen molar-refractivity contribution in [2.24, 2.45) is 0 Å². The second-order valence-corrected chi connectivity index (χ2v) is 13.9. The number of aryl methyl sites for hydroxylation is 1. The number of aromatic nitrogens is 1. The molecule has 0 atom stereocenters. The molecule has 0 aliphatic carbocycles. The average molecular weight is 626 g/mol. The third-order valence-corrected chi connectivity index (χ3v) is 9.77. The van der Waals surface area contributed by atoms with Gasteiger partial charge in [0.2, 0.25) is 15.9 Å². The second kappa shape index (κ2) is 11.3. The van der Waals surface area contributed by atoms with Gasteiger partial charge < -0.3 is 14.0 Å². The minimum atomic E-state index is -4.78. The highest BCUT2D eigenvalue weighted by atomic mass is 35.5. The molecule has 2 heterocycles. The van der Waals surface area contributed by atoms with Crippen LogP contribution >= 0.6 is 34.7 Å². The summed E-state index contributed by atoms with van der Waals surface area (Å²) in [4.78, 5) is 2.94. The molecule has 14 heteroatoms. The van der Waals surface area contributed by atoms with E-state index in [1.165, 1.54) is 11.8 Å². The third kappa shape index (κ3) is 6.74. The summed E-state index contributed by atoms with van der Waals surface area (Å²) in [7, 11) is -9.14. The first-order chi connectivity index (χ1) is 18.5. The molecule has 0 spiro atoms. The van der Waals surface area contributed by atoms with Crippen molar-refractivity contribution in [1.29, 1.82) is 0 Å². The van der Waals surface area contributed by atoms with Crippen molar-refractivity contribution in [2.45, 2.75) is 24.3 Å². The zero-order valence-corrected chi connectivity index (χ0v) is 24.3. The highest BCUT2D eigenvalue weighted by molar-refractivity contribution is 8.03. The smallest absolute Gasteiger partial charge is 0.265 e. The van der Waals surface area contributed by atoms with Gasteiger partial charge in [0.15, 0.2) is 6.54 Å². The Labute approximate surface area is 239 Å². The molecule has 4 aromatic rings. The van der Waals surface area contributed by atoms with E-state index in [0.29, 0.717) is 18.1 Å². The Hall–Kier alpha value is -2.23. The molecule has 1 aliphatic heterocycles. The molecule has 1 aliphatic rings. The molecule has 206 valence electrons. The van der Waals surface area contributed by atoms with Crippen molar-refractivity contribution in [1.82, 2.24) is 0 Å². The van der Waals surface area contributed by atoms with Crippen molar-refractivity contribution in [3.05, 3.63) is 69.7 Å². The lowest BCUT2D eigenvalue weighted by atomic mass is 10.1. The van der Waals surface area contributed by atoms with E-state index in [-0.39, 0.29) is 19.4 Å². The number of rotatable bonds is 10. The van der Waals surface area contributed by atoms with E-state index in [1.54, 1.807) is 17.4 Å². The first kappa shape index (κ1) is 28.3. The monoisotopic (exact) mass is 625 g/mol. The number of thioether (sulfide) groups is 1. The van der Waals surface area contributed by atoms with E-state index in [2.05, 4.69) is 4.18 Å².